The number of hydrogen-bond donors (Lipinski definition) is 1. The van der Waals surface area contributed by atoms with Crippen molar-refractivity contribution in [1.29, 1.82) is 5.26 Å². The largest absolute Gasteiger partial charge is 0.395 e. The molecule has 0 unspecified atom stereocenters. The second kappa shape index (κ2) is 4.32. The summed E-state index contributed by atoms with van der Waals surface area (Å²) in [5.41, 5.74) is 0. The van der Waals surface area contributed by atoms with Gasteiger partial charge in [0, 0.05) is 19.0 Å². The van der Waals surface area contributed by atoms with Gasteiger partial charge in [-0.05, 0) is 19.4 Å². The van der Waals surface area contributed by atoms with Crippen molar-refractivity contribution < 1.29 is 5.11 Å². The van der Waals surface area contributed by atoms with Crippen molar-refractivity contribution in [3.8, 4) is 6.07 Å². The number of hydrogen-bond acceptors (Lipinski definition) is 3. The Bertz CT molecular complexity index is 153. The van der Waals surface area contributed by atoms with Gasteiger partial charge in [0.1, 0.15) is 0 Å². The van der Waals surface area contributed by atoms with Crippen LogP contribution in [0.25, 0.3) is 0 Å². The van der Waals surface area contributed by atoms with Crippen LogP contribution in [0, 0.1) is 11.3 Å². The van der Waals surface area contributed by atoms with Gasteiger partial charge in [-0.15, -0.1) is 0 Å². The van der Waals surface area contributed by atoms with Gasteiger partial charge in [0.05, 0.1) is 12.7 Å². The van der Waals surface area contributed by atoms with E-state index in [-0.39, 0.29) is 6.61 Å². The lowest BCUT2D eigenvalue weighted by Gasteiger charge is -2.20. The van der Waals surface area contributed by atoms with Crippen molar-refractivity contribution in [2.45, 2.75) is 25.3 Å². The van der Waals surface area contributed by atoms with Crippen LogP contribution in [-0.4, -0.2) is 35.7 Å². The Morgan fingerprint density at radius 2 is 2.45 bits per heavy atom. The molecule has 0 bridgehead atoms. The molecule has 1 heterocycles. The van der Waals surface area contributed by atoms with Crippen LogP contribution in [-0.2, 0) is 0 Å². The molecule has 1 aliphatic rings. The Hall–Kier alpha value is -0.590. The Morgan fingerprint density at radius 1 is 1.64 bits per heavy atom. The second-order valence-corrected chi connectivity index (χ2v) is 2.92. The average Bonchev–Trinajstić information content (AvgIpc) is 2.47. The van der Waals surface area contributed by atoms with Crippen molar-refractivity contribution in [1.82, 2.24) is 4.90 Å². The fourth-order valence-electron chi connectivity index (χ4n) is 1.59. The van der Waals surface area contributed by atoms with Gasteiger partial charge in [-0.1, -0.05) is 0 Å². The van der Waals surface area contributed by atoms with E-state index in [1.807, 2.05) is 0 Å². The van der Waals surface area contributed by atoms with Crippen LogP contribution in [0.3, 0.4) is 0 Å². The van der Waals surface area contributed by atoms with Crippen LogP contribution >= 0.6 is 0 Å². The molecular weight excluding hydrogens is 140 g/mol. The summed E-state index contributed by atoms with van der Waals surface area (Å²) in [7, 11) is 0. The third-order valence-electron chi connectivity index (χ3n) is 2.22. The van der Waals surface area contributed by atoms with Crippen molar-refractivity contribution in [2.24, 2.45) is 0 Å². The normalized spacial score (nSPS) is 25.3. The molecular formula is C8H14N2O. The highest BCUT2D eigenvalue weighted by Gasteiger charge is 2.22. The molecule has 1 atom stereocenters. The Labute approximate surface area is 67.2 Å². The number of nitriles is 1. The van der Waals surface area contributed by atoms with Gasteiger partial charge >= 0.3 is 0 Å². The average molecular weight is 154 g/mol. The first-order valence-electron chi connectivity index (χ1n) is 4.10. The van der Waals surface area contributed by atoms with Crippen LogP contribution < -0.4 is 0 Å². The maximum Gasteiger partial charge on any atom is 0.0635 e. The highest BCUT2D eigenvalue weighted by molar-refractivity contribution is 4.81. The van der Waals surface area contributed by atoms with Gasteiger partial charge in [-0.2, -0.15) is 5.26 Å². The van der Waals surface area contributed by atoms with Gasteiger partial charge in [-0.25, -0.2) is 0 Å². The van der Waals surface area contributed by atoms with Gasteiger partial charge in [-0.3, -0.25) is 4.90 Å². The van der Waals surface area contributed by atoms with Crippen molar-refractivity contribution in [3.05, 3.63) is 0 Å². The van der Waals surface area contributed by atoms with Crippen LogP contribution in [0.1, 0.15) is 19.3 Å². The topological polar surface area (TPSA) is 47.3 Å². The van der Waals surface area contributed by atoms with Crippen LogP contribution in [0.15, 0.2) is 0 Å². The van der Waals surface area contributed by atoms with Crippen LogP contribution in [0.5, 0.6) is 0 Å². The molecule has 3 nitrogen and oxygen atoms in total. The van der Waals surface area contributed by atoms with Crippen molar-refractivity contribution >= 4 is 0 Å². The lowest BCUT2D eigenvalue weighted by Crippen LogP contribution is -2.32. The van der Waals surface area contributed by atoms with E-state index in [1.54, 1.807) is 0 Å². The summed E-state index contributed by atoms with van der Waals surface area (Å²) in [6, 6.07) is 2.44. The smallest absolute Gasteiger partial charge is 0.0635 e. The van der Waals surface area contributed by atoms with E-state index in [0.717, 1.165) is 25.9 Å². The summed E-state index contributed by atoms with van der Waals surface area (Å²) >= 11 is 0. The zero-order chi connectivity index (χ0) is 8.10. The van der Waals surface area contributed by atoms with E-state index in [1.165, 1.54) is 0 Å². The molecule has 1 N–H and O–H groups in total. The van der Waals surface area contributed by atoms with Gasteiger partial charge < -0.3 is 5.11 Å². The van der Waals surface area contributed by atoms with E-state index >= 15 is 0 Å². The molecule has 0 spiro atoms. The Balaban J connectivity index is 2.27. The second-order valence-electron chi connectivity index (χ2n) is 2.92. The molecule has 1 fully saturated rings. The molecule has 0 aromatic carbocycles. The molecule has 1 aliphatic heterocycles. The molecule has 3 heteroatoms. The van der Waals surface area contributed by atoms with Crippen molar-refractivity contribution in [3.63, 3.8) is 0 Å². The predicted octanol–water partition coefficient (Wildman–Crippen LogP) is 0.357. The predicted molar refractivity (Wildman–Crippen MR) is 41.9 cm³/mol. The summed E-state index contributed by atoms with van der Waals surface area (Å²) in [5.74, 6) is 0. The molecule has 0 saturated carbocycles. The molecule has 0 radical (unpaired) electrons. The Morgan fingerprint density at radius 3 is 3.09 bits per heavy atom. The first-order chi connectivity index (χ1) is 5.38. The summed E-state index contributed by atoms with van der Waals surface area (Å²) in [6.07, 6.45) is 2.83. The monoisotopic (exact) mass is 154 g/mol. The zero-order valence-electron chi connectivity index (χ0n) is 6.66. The summed E-state index contributed by atoms with van der Waals surface area (Å²) in [4.78, 5) is 2.20. The molecule has 0 aromatic heterocycles. The van der Waals surface area contributed by atoms with Crippen LogP contribution in [0.2, 0.25) is 0 Å². The SMILES string of the molecule is N#CCCN1CCC[C@@H]1CO. The van der Waals surface area contributed by atoms with Crippen molar-refractivity contribution in [2.75, 3.05) is 19.7 Å². The minimum Gasteiger partial charge on any atom is -0.395 e. The molecule has 0 aromatic rings. The highest BCUT2D eigenvalue weighted by atomic mass is 16.3. The summed E-state index contributed by atoms with van der Waals surface area (Å²) in [5, 5.41) is 17.3. The number of rotatable bonds is 3. The van der Waals surface area contributed by atoms with Crippen LogP contribution in [0.4, 0.5) is 0 Å². The fourth-order valence-corrected chi connectivity index (χ4v) is 1.59. The first-order valence-corrected chi connectivity index (χ1v) is 4.10. The van der Waals surface area contributed by atoms with E-state index in [2.05, 4.69) is 11.0 Å². The highest BCUT2D eigenvalue weighted by Crippen LogP contribution is 2.16. The standard InChI is InChI=1S/C8H14N2O/c9-4-2-6-10-5-1-3-8(10)7-11/h8,11H,1-3,5-7H2/t8-/m1/s1. The first kappa shape index (κ1) is 8.51. The maximum absolute atomic E-state index is 8.91. The lowest BCUT2D eigenvalue weighted by molar-refractivity contribution is 0.161. The Kier molecular flexibility index (Phi) is 3.34. The number of nitrogens with zero attached hydrogens (tertiary/aromatic N) is 2. The van der Waals surface area contributed by atoms with E-state index in [4.69, 9.17) is 10.4 Å². The molecule has 0 amide bonds. The minimum absolute atomic E-state index is 0.241. The fraction of sp³-hybridized carbons (Fsp3) is 0.875. The molecule has 1 saturated heterocycles. The van der Waals surface area contributed by atoms with E-state index in [0.29, 0.717) is 12.5 Å². The molecule has 62 valence electrons. The molecule has 0 aliphatic carbocycles. The minimum atomic E-state index is 0.241. The molecule has 1 rings (SSSR count). The molecule has 11 heavy (non-hydrogen) atoms. The summed E-state index contributed by atoms with van der Waals surface area (Å²) in [6.45, 7) is 2.11. The number of aliphatic hydroxyl groups excluding tert-OH is 1. The van der Waals surface area contributed by atoms with Gasteiger partial charge in [0.15, 0.2) is 0 Å². The third-order valence-corrected chi connectivity index (χ3v) is 2.22. The third kappa shape index (κ3) is 2.18. The maximum atomic E-state index is 8.91. The summed E-state index contributed by atoms with van der Waals surface area (Å²) < 4.78 is 0. The lowest BCUT2D eigenvalue weighted by atomic mass is 10.2. The van der Waals surface area contributed by atoms with Gasteiger partial charge in [0.25, 0.3) is 0 Å². The zero-order valence-corrected chi connectivity index (χ0v) is 6.66. The van der Waals surface area contributed by atoms with E-state index < -0.39 is 0 Å². The number of likely N-dealkylation sites (tertiary alicyclic amines) is 1. The van der Waals surface area contributed by atoms with E-state index in [9.17, 15) is 0 Å². The van der Waals surface area contributed by atoms with Gasteiger partial charge in [0.2, 0.25) is 0 Å². The quantitative estimate of drug-likeness (QED) is 0.638. The number of aliphatic hydroxyl groups is 1.